The summed E-state index contributed by atoms with van der Waals surface area (Å²) in [5.74, 6) is 0.151. The molecule has 1 unspecified atom stereocenters. The lowest BCUT2D eigenvalue weighted by Crippen LogP contribution is -2.27. The second-order valence-corrected chi connectivity index (χ2v) is 3.87. The van der Waals surface area contributed by atoms with Crippen molar-refractivity contribution in [3.63, 3.8) is 0 Å². The molecule has 1 atom stereocenters. The maximum atomic E-state index is 11.9. The summed E-state index contributed by atoms with van der Waals surface area (Å²) in [7, 11) is 0. The molecule has 0 aliphatic carbocycles. The molecule has 5 heteroatoms. The van der Waals surface area contributed by atoms with Crippen molar-refractivity contribution in [2.24, 2.45) is 0 Å². The standard InChI is InChI=1S/C13H16F2N2O/c1-2-11(7-8-16)17-9-10-3-5-12(6-4-10)18-13(14)15/h3-6,11,13,17H,2,7,9H2,1H3. The number of hydrogen-bond donors (Lipinski definition) is 1. The van der Waals surface area contributed by atoms with Crippen LogP contribution in [0.4, 0.5) is 8.78 Å². The Balaban J connectivity index is 2.46. The van der Waals surface area contributed by atoms with Crippen LogP contribution in [0, 0.1) is 11.3 Å². The van der Waals surface area contributed by atoms with Gasteiger partial charge < -0.3 is 10.1 Å². The quantitative estimate of drug-likeness (QED) is 0.813. The summed E-state index contributed by atoms with van der Waals surface area (Å²) in [5.41, 5.74) is 0.966. The van der Waals surface area contributed by atoms with Crippen LogP contribution >= 0.6 is 0 Å². The molecule has 1 aromatic rings. The molecule has 0 saturated carbocycles. The minimum absolute atomic E-state index is 0.151. The number of nitrogens with zero attached hydrogens (tertiary/aromatic N) is 1. The van der Waals surface area contributed by atoms with Crippen molar-refractivity contribution in [2.45, 2.75) is 39.0 Å². The lowest BCUT2D eigenvalue weighted by atomic mass is 10.1. The van der Waals surface area contributed by atoms with E-state index in [-0.39, 0.29) is 11.8 Å². The highest BCUT2D eigenvalue weighted by molar-refractivity contribution is 5.27. The van der Waals surface area contributed by atoms with E-state index in [9.17, 15) is 8.78 Å². The van der Waals surface area contributed by atoms with Crippen LogP contribution in [0.25, 0.3) is 0 Å². The van der Waals surface area contributed by atoms with Crippen LogP contribution in [-0.2, 0) is 6.54 Å². The molecule has 0 radical (unpaired) electrons. The van der Waals surface area contributed by atoms with Gasteiger partial charge in [-0.2, -0.15) is 14.0 Å². The zero-order valence-electron chi connectivity index (χ0n) is 10.2. The third kappa shape index (κ3) is 5.11. The van der Waals surface area contributed by atoms with Crippen LogP contribution in [0.5, 0.6) is 5.75 Å². The van der Waals surface area contributed by atoms with Crippen molar-refractivity contribution < 1.29 is 13.5 Å². The van der Waals surface area contributed by atoms with Crippen LogP contribution in [-0.4, -0.2) is 12.7 Å². The van der Waals surface area contributed by atoms with E-state index in [2.05, 4.69) is 16.1 Å². The Morgan fingerprint density at radius 2 is 2.00 bits per heavy atom. The second kappa shape index (κ2) is 7.62. The van der Waals surface area contributed by atoms with Crippen molar-refractivity contribution in [2.75, 3.05) is 0 Å². The van der Waals surface area contributed by atoms with Crippen LogP contribution in [0.1, 0.15) is 25.3 Å². The first-order valence-corrected chi connectivity index (χ1v) is 5.79. The molecule has 0 bridgehead atoms. The fourth-order valence-electron chi connectivity index (χ4n) is 1.52. The van der Waals surface area contributed by atoms with Gasteiger partial charge in [0.2, 0.25) is 0 Å². The molecule has 98 valence electrons. The van der Waals surface area contributed by atoms with Crippen LogP contribution in [0.2, 0.25) is 0 Å². The van der Waals surface area contributed by atoms with Gasteiger partial charge in [0, 0.05) is 12.6 Å². The first-order chi connectivity index (χ1) is 8.65. The van der Waals surface area contributed by atoms with Gasteiger partial charge in [-0.05, 0) is 24.1 Å². The van der Waals surface area contributed by atoms with Crippen LogP contribution < -0.4 is 10.1 Å². The molecule has 0 aliphatic heterocycles. The van der Waals surface area contributed by atoms with Gasteiger partial charge in [0.1, 0.15) is 5.75 Å². The summed E-state index contributed by atoms with van der Waals surface area (Å²) in [5, 5.41) is 11.8. The molecule has 0 spiro atoms. The normalized spacial score (nSPS) is 12.2. The van der Waals surface area contributed by atoms with Gasteiger partial charge in [-0.1, -0.05) is 19.1 Å². The van der Waals surface area contributed by atoms with E-state index in [4.69, 9.17) is 5.26 Å². The summed E-state index contributed by atoms with van der Waals surface area (Å²) in [6.45, 7) is -0.182. The number of halogens is 2. The lowest BCUT2D eigenvalue weighted by molar-refractivity contribution is -0.0498. The van der Waals surface area contributed by atoms with Gasteiger partial charge in [0.05, 0.1) is 12.5 Å². The fraction of sp³-hybridized carbons (Fsp3) is 0.462. The number of benzene rings is 1. The van der Waals surface area contributed by atoms with E-state index in [0.717, 1.165) is 12.0 Å². The molecule has 0 fully saturated rings. The molecule has 0 aliphatic rings. The number of ether oxygens (including phenoxy) is 1. The van der Waals surface area contributed by atoms with E-state index < -0.39 is 6.61 Å². The number of nitrogens with one attached hydrogen (secondary N) is 1. The third-order valence-corrected chi connectivity index (χ3v) is 2.57. The number of alkyl halides is 2. The van der Waals surface area contributed by atoms with Gasteiger partial charge in [0.15, 0.2) is 0 Å². The summed E-state index contributed by atoms with van der Waals surface area (Å²) in [4.78, 5) is 0. The third-order valence-electron chi connectivity index (χ3n) is 2.57. The Bertz CT molecular complexity index is 387. The Morgan fingerprint density at radius 1 is 1.33 bits per heavy atom. The molecule has 0 saturated heterocycles. The summed E-state index contributed by atoms with van der Waals surface area (Å²) in [6, 6.07) is 8.75. The van der Waals surface area contributed by atoms with Gasteiger partial charge >= 0.3 is 6.61 Å². The van der Waals surface area contributed by atoms with Gasteiger partial charge in [-0.3, -0.25) is 0 Å². The summed E-state index contributed by atoms with van der Waals surface area (Å²) >= 11 is 0. The van der Waals surface area contributed by atoms with Crippen LogP contribution in [0.15, 0.2) is 24.3 Å². The second-order valence-electron chi connectivity index (χ2n) is 3.87. The minimum Gasteiger partial charge on any atom is -0.435 e. The zero-order chi connectivity index (χ0) is 13.4. The van der Waals surface area contributed by atoms with Gasteiger partial charge in [-0.25, -0.2) is 0 Å². The molecule has 0 heterocycles. The highest BCUT2D eigenvalue weighted by Crippen LogP contribution is 2.15. The number of hydrogen-bond acceptors (Lipinski definition) is 3. The molecule has 1 rings (SSSR count). The largest absolute Gasteiger partial charge is 0.435 e. The smallest absolute Gasteiger partial charge is 0.387 e. The topological polar surface area (TPSA) is 45.0 Å². The molecule has 18 heavy (non-hydrogen) atoms. The molecule has 0 amide bonds. The van der Waals surface area contributed by atoms with E-state index in [1.165, 1.54) is 12.1 Å². The first kappa shape index (κ1) is 14.4. The van der Waals surface area contributed by atoms with Crippen molar-refractivity contribution in [1.82, 2.24) is 5.32 Å². The molecular formula is C13H16F2N2O. The zero-order valence-corrected chi connectivity index (χ0v) is 10.2. The van der Waals surface area contributed by atoms with E-state index in [1.807, 2.05) is 6.92 Å². The predicted octanol–water partition coefficient (Wildman–Crippen LogP) is 3.07. The Morgan fingerprint density at radius 3 is 2.50 bits per heavy atom. The maximum absolute atomic E-state index is 11.9. The maximum Gasteiger partial charge on any atom is 0.387 e. The van der Waals surface area contributed by atoms with Gasteiger partial charge in [-0.15, -0.1) is 0 Å². The average Bonchev–Trinajstić information content (AvgIpc) is 2.35. The monoisotopic (exact) mass is 254 g/mol. The lowest BCUT2D eigenvalue weighted by Gasteiger charge is -2.13. The van der Waals surface area contributed by atoms with E-state index in [1.54, 1.807) is 12.1 Å². The molecule has 0 aromatic heterocycles. The Labute approximate surface area is 105 Å². The number of nitriles is 1. The average molecular weight is 254 g/mol. The molecule has 1 aromatic carbocycles. The summed E-state index contributed by atoms with van der Waals surface area (Å²) in [6.07, 6.45) is 1.34. The van der Waals surface area contributed by atoms with Crippen molar-refractivity contribution in [3.8, 4) is 11.8 Å². The number of rotatable bonds is 7. The first-order valence-electron chi connectivity index (χ1n) is 5.79. The fourth-order valence-corrected chi connectivity index (χ4v) is 1.52. The SMILES string of the molecule is CCC(CC#N)NCc1ccc(OC(F)F)cc1. The highest BCUT2D eigenvalue weighted by atomic mass is 19.3. The minimum atomic E-state index is -2.80. The molecule has 3 nitrogen and oxygen atoms in total. The molecular weight excluding hydrogens is 238 g/mol. The summed E-state index contributed by atoms with van der Waals surface area (Å²) < 4.78 is 28.1. The Hall–Kier alpha value is -1.67. The van der Waals surface area contributed by atoms with E-state index in [0.29, 0.717) is 13.0 Å². The highest BCUT2D eigenvalue weighted by Gasteiger charge is 2.06. The molecule has 1 N–H and O–H groups in total. The van der Waals surface area contributed by atoms with Crippen LogP contribution in [0.3, 0.4) is 0 Å². The Kier molecular flexibility index (Phi) is 6.09. The van der Waals surface area contributed by atoms with Crippen molar-refractivity contribution in [1.29, 1.82) is 5.26 Å². The van der Waals surface area contributed by atoms with Crippen molar-refractivity contribution >= 4 is 0 Å². The van der Waals surface area contributed by atoms with Gasteiger partial charge in [0.25, 0.3) is 0 Å². The van der Waals surface area contributed by atoms with E-state index >= 15 is 0 Å². The predicted molar refractivity (Wildman–Crippen MR) is 64.2 cm³/mol. The van der Waals surface area contributed by atoms with Crippen molar-refractivity contribution in [3.05, 3.63) is 29.8 Å².